The molecular formula is C29H47N5O6. The normalized spacial score (nSPS) is 12.4. The summed E-state index contributed by atoms with van der Waals surface area (Å²) in [6.45, 7) is 9.62. The predicted molar refractivity (Wildman–Crippen MR) is 154 cm³/mol. The molecule has 1 rings (SSSR count). The second-order valence-corrected chi connectivity index (χ2v) is 10.5. The minimum absolute atomic E-state index is 0.123. The van der Waals surface area contributed by atoms with Crippen molar-refractivity contribution in [3.05, 3.63) is 29.8 Å². The van der Waals surface area contributed by atoms with Gasteiger partial charge >= 0.3 is 12.0 Å². The second-order valence-electron chi connectivity index (χ2n) is 10.5. The number of anilines is 1. The van der Waals surface area contributed by atoms with Gasteiger partial charge in [-0.05, 0) is 42.9 Å². The molecule has 0 saturated heterocycles. The maximum absolute atomic E-state index is 13.2. The van der Waals surface area contributed by atoms with Gasteiger partial charge in [-0.1, -0.05) is 66.0 Å². The average molecular weight is 562 g/mol. The molecule has 1 aromatic carbocycles. The minimum atomic E-state index is -0.920. The molecule has 0 aliphatic rings. The van der Waals surface area contributed by atoms with Gasteiger partial charge in [-0.3, -0.25) is 19.2 Å². The molecule has 0 heterocycles. The van der Waals surface area contributed by atoms with Crippen LogP contribution in [0.25, 0.3) is 0 Å². The van der Waals surface area contributed by atoms with E-state index in [1.807, 2.05) is 13.8 Å². The first-order valence-electron chi connectivity index (χ1n) is 14.1. The largest absolute Gasteiger partial charge is 0.461 e. The Labute approximate surface area is 237 Å². The molecule has 11 heteroatoms. The lowest BCUT2D eigenvalue weighted by molar-refractivity contribution is -0.148. The van der Waals surface area contributed by atoms with Crippen LogP contribution in [0.2, 0.25) is 0 Å². The smallest absolute Gasteiger partial charge is 0.312 e. The monoisotopic (exact) mass is 561 g/mol. The number of nitrogens with two attached hydrogens (primary N) is 1. The number of primary amides is 1. The maximum atomic E-state index is 13.2. The van der Waals surface area contributed by atoms with Crippen molar-refractivity contribution in [2.75, 3.05) is 11.9 Å². The van der Waals surface area contributed by atoms with Crippen LogP contribution >= 0.6 is 0 Å². The molecule has 2 atom stereocenters. The fourth-order valence-electron chi connectivity index (χ4n) is 3.78. The van der Waals surface area contributed by atoms with Crippen LogP contribution in [-0.2, 0) is 30.5 Å². The Morgan fingerprint density at radius 3 is 2.12 bits per heavy atom. The maximum Gasteiger partial charge on any atom is 0.312 e. The molecule has 1 aromatic rings. The van der Waals surface area contributed by atoms with Gasteiger partial charge in [0.2, 0.25) is 17.7 Å². The van der Waals surface area contributed by atoms with Crippen LogP contribution in [0.4, 0.5) is 10.5 Å². The Bertz CT molecular complexity index is 964. The molecule has 0 aromatic heterocycles. The van der Waals surface area contributed by atoms with E-state index in [0.717, 1.165) is 31.2 Å². The lowest BCUT2D eigenvalue weighted by Gasteiger charge is -2.25. The number of unbranched alkanes of at least 4 members (excludes halogenated alkanes) is 3. The Balaban J connectivity index is 2.86. The standard InChI is InChI=1S/C29H47N5O6/c1-6-7-8-9-12-24(35)34-25(19(2)3)27(37)33-23(11-10-17-31-29(30)39)26(36)32-22-15-13-21(14-16-22)18-40-28(38)20(4)5/h13-16,19-20,23,25H,6-12,17-18H2,1-5H3,(H,32,36)(H,33,37)(H,34,35)(H3,30,31,39)/t23-,25-/m0/s1. The first-order chi connectivity index (χ1) is 18.9. The molecule has 224 valence electrons. The van der Waals surface area contributed by atoms with Crippen molar-refractivity contribution in [2.45, 2.75) is 98.3 Å². The van der Waals surface area contributed by atoms with Crippen LogP contribution in [-0.4, -0.2) is 48.4 Å². The van der Waals surface area contributed by atoms with Gasteiger partial charge in [0, 0.05) is 18.7 Å². The van der Waals surface area contributed by atoms with Crippen LogP contribution in [0.3, 0.4) is 0 Å². The number of rotatable bonds is 18. The van der Waals surface area contributed by atoms with Gasteiger partial charge in [0.25, 0.3) is 0 Å². The summed E-state index contributed by atoms with van der Waals surface area (Å²) in [5.74, 6) is -1.82. The van der Waals surface area contributed by atoms with Gasteiger partial charge in [0.15, 0.2) is 0 Å². The third-order valence-corrected chi connectivity index (χ3v) is 6.20. The molecule has 0 radical (unpaired) electrons. The highest BCUT2D eigenvalue weighted by molar-refractivity contribution is 5.98. The van der Waals surface area contributed by atoms with Crippen LogP contribution in [0.5, 0.6) is 0 Å². The van der Waals surface area contributed by atoms with Crippen molar-refractivity contribution < 1.29 is 28.7 Å². The SMILES string of the molecule is CCCCCCC(=O)N[C@H](C(=O)N[C@@H](CCCNC(N)=O)C(=O)Nc1ccc(COC(=O)C(C)C)cc1)C(C)C. The third-order valence-electron chi connectivity index (χ3n) is 6.20. The lowest BCUT2D eigenvalue weighted by Crippen LogP contribution is -2.54. The zero-order valence-corrected chi connectivity index (χ0v) is 24.5. The van der Waals surface area contributed by atoms with Gasteiger partial charge in [0.05, 0.1) is 5.92 Å². The summed E-state index contributed by atoms with van der Waals surface area (Å²) >= 11 is 0. The quantitative estimate of drug-likeness (QED) is 0.136. The highest BCUT2D eigenvalue weighted by atomic mass is 16.5. The van der Waals surface area contributed by atoms with Gasteiger partial charge in [-0.15, -0.1) is 0 Å². The molecular weight excluding hydrogens is 514 g/mol. The molecule has 0 saturated carbocycles. The van der Waals surface area contributed by atoms with E-state index < -0.39 is 29.9 Å². The summed E-state index contributed by atoms with van der Waals surface area (Å²) in [7, 11) is 0. The van der Waals surface area contributed by atoms with E-state index in [0.29, 0.717) is 18.5 Å². The zero-order chi connectivity index (χ0) is 30.1. The van der Waals surface area contributed by atoms with E-state index in [4.69, 9.17) is 10.5 Å². The molecule has 0 bridgehead atoms. The number of amides is 5. The molecule has 0 aliphatic carbocycles. The molecule has 0 fully saturated rings. The topological polar surface area (TPSA) is 169 Å². The second kappa shape index (κ2) is 18.6. The predicted octanol–water partition coefficient (Wildman–Crippen LogP) is 3.37. The number of ether oxygens (including phenoxy) is 1. The average Bonchev–Trinajstić information content (AvgIpc) is 2.90. The van der Waals surface area contributed by atoms with Crippen LogP contribution < -0.4 is 27.0 Å². The van der Waals surface area contributed by atoms with Gasteiger partial charge in [-0.2, -0.15) is 0 Å². The molecule has 11 nitrogen and oxygen atoms in total. The summed E-state index contributed by atoms with van der Waals surface area (Å²) < 4.78 is 5.22. The van der Waals surface area contributed by atoms with E-state index in [-0.39, 0.29) is 43.3 Å². The minimum Gasteiger partial charge on any atom is -0.461 e. The van der Waals surface area contributed by atoms with Crippen molar-refractivity contribution >= 4 is 35.4 Å². The number of carbonyl (C=O) groups excluding carboxylic acids is 5. The van der Waals surface area contributed by atoms with E-state index in [9.17, 15) is 24.0 Å². The molecule has 5 amide bonds. The summed E-state index contributed by atoms with van der Waals surface area (Å²) in [5.41, 5.74) is 6.38. The summed E-state index contributed by atoms with van der Waals surface area (Å²) in [6, 6.07) is 4.43. The Morgan fingerprint density at radius 2 is 1.55 bits per heavy atom. The zero-order valence-electron chi connectivity index (χ0n) is 24.5. The Kier molecular flexibility index (Phi) is 16.0. The Morgan fingerprint density at radius 1 is 0.875 bits per heavy atom. The lowest BCUT2D eigenvalue weighted by atomic mass is 10.0. The fourth-order valence-corrected chi connectivity index (χ4v) is 3.78. The number of hydrogen-bond acceptors (Lipinski definition) is 6. The van der Waals surface area contributed by atoms with Crippen molar-refractivity contribution in [3.8, 4) is 0 Å². The number of hydrogen-bond donors (Lipinski definition) is 5. The van der Waals surface area contributed by atoms with Gasteiger partial charge in [0.1, 0.15) is 18.7 Å². The molecule has 0 unspecified atom stereocenters. The summed E-state index contributed by atoms with van der Waals surface area (Å²) in [5, 5.41) is 10.9. The number of benzene rings is 1. The first kappa shape index (κ1) is 34.4. The highest BCUT2D eigenvalue weighted by Gasteiger charge is 2.28. The van der Waals surface area contributed by atoms with E-state index in [1.54, 1.807) is 38.1 Å². The van der Waals surface area contributed by atoms with Crippen LogP contribution in [0, 0.1) is 11.8 Å². The first-order valence-corrected chi connectivity index (χ1v) is 14.1. The molecule has 0 spiro atoms. The molecule has 0 aliphatic heterocycles. The van der Waals surface area contributed by atoms with E-state index in [2.05, 4.69) is 28.2 Å². The van der Waals surface area contributed by atoms with Crippen LogP contribution in [0.1, 0.15) is 85.1 Å². The van der Waals surface area contributed by atoms with Crippen molar-refractivity contribution in [2.24, 2.45) is 17.6 Å². The third kappa shape index (κ3) is 14.0. The Hall–Kier alpha value is -3.63. The van der Waals surface area contributed by atoms with E-state index >= 15 is 0 Å². The summed E-state index contributed by atoms with van der Waals surface area (Å²) in [6.07, 6.45) is 4.78. The number of urea groups is 1. The number of nitrogens with one attached hydrogen (secondary N) is 4. The molecule has 6 N–H and O–H groups in total. The van der Waals surface area contributed by atoms with E-state index in [1.165, 1.54) is 0 Å². The summed E-state index contributed by atoms with van der Waals surface area (Å²) in [4.78, 5) is 61.5. The highest BCUT2D eigenvalue weighted by Crippen LogP contribution is 2.13. The van der Waals surface area contributed by atoms with Crippen molar-refractivity contribution in [3.63, 3.8) is 0 Å². The fraction of sp³-hybridized carbons (Fsp3) is 0.621. The van der Waals surface area contributed by atoms with Crippen LogP contribution in [0.15, 0.2) is 24.3 Å². The van der Waals surface area contributed by atoms with Gasteiger partial charge < -0.3 is 31.7 Å². The number of esters is 1. The number of carbonyl (C=O) groups is 5. The molecule has 40 heavy (non-hydrogen) atoms. The van der Waals surface area contributed by atoms with Crippen molar-refractivity contribution in [1.29, 1.82) is 0 Å². The van der Waals surface area contributed by atoms with Gasteiger partial charge in [-0.25, -0.2) is 4.79 Å². The van der Waals surface area contributed by atoms with Crippen molar-refractivity contribution in [1.82, 2.24) is 16.0 Å².